The van der Waals surface area contributed by atoms with Crippen molar-refractivity contribution < 1.29 is 0 Å². The fourth-order valence-corrected chi connectivity index (χ4v) is 3.34. The minimum atomic E-state index is 0.466. The van der Waals surface area contributed by atoms with Crippen molar-refractivity contribution in [3.8, 4) is 0 Å². The van der Waals surface area contributed by atoms with Crippen molar-refractivity contribution in [2.24, 2.45) is 17.8 Å². The van der Waals surface area contributed by atoms with Crippen LogP contribution in [0.25, 0.3) is 0 Å². The van der Waals surface area contributed by atoms with Crippen molar-refractivity contribution in [2.75, 3.05) is 7.05 Å². The van der Waals surface area contributed by atoms with Gasteiger partial charge in [0.25, 0.3) is 0 Å². The standard InChI is InChI=1S/C16H26N2/c1-11-5-6-14(9-13(11)3)16(17-4)15-10-18-8-7-12(15)2/h7-8,10-11,13-14,16-17H,5-6,9H2,1-4H3. The molecule has 1 fully saturated rings. The van der Waals surface area contributed by atoms with Crippen LogP contribution in [0.5, 0.6) is 0 Å². The molecule has 0 saturated heterocycles. The second kappa shape index (κ2) is 5.83. The Hall–Kier alpha value is -0.890. The molecule has 0 aromatic carbocycles. The monoisotopic (exact) mass is 246 g/mol. The van der Waals surface area contributed by atoms with Crippen LogP contribution < -0.4 is 5.32 Å². The summed E-state index contributed by atoms with van der Waals surface area (Å²) in [6.07, 6.45) is 7.96. The number of aryl methyl sites for hydroxylation is 1. The van der Waals surface area contributed by atoms with Crippen LogP contribution in [0.15, 0.2) is 18.5 Å². The maximum absolute atomic E-state index is 4.30. The summed E-state index contributed by atoms with van der Waals surface area (Å²) in [7, 11) is 2.08. The Labute approximate surface area is 111 Å². The van der Waals surface area contributed by atoms with Crippen LogP contribution in [0, 0.1) is 24.7 Å². The Balaban J connectivity index is 2.17. The second-order valence-electron chi connectivity index (χ2n) is 6.03. The van der Waals surface area contributed by atoms with Gasteiger partial charge in [0.2, 0.25) is 0 Å². The molecule has 0 amide bonds. The number of nitrogens with one attached hydrogen (secondary N) is 1. The molecule has 1 aliphatic rings. The van der Waals surface area contributed by atoms with E-state index in [1.54, 1.807) is 0 Å². The number of hydrogen-bond donors (Lipinski definition) is 1. The lowest BCUT2D eigenvalue weighted by molar-refractivity contribution is 0.174. The van der Waals surface area contributed by atoms with Crippen LogP contribution in [0.1, 0.15) is 50.3 Å². The van der Waals surface area contributed by atoms with E-state index in [4.69, 9.17) is 0 Å². The summed E-state index contributed by atoms with van der Waals surface area (Å²) in [6, 6.07) is 2.59. The average Bonchev–Trinajstić information content (AvgIpc) is 2.37. The van der Waals surface area contributed by atoms with Crippen LogP contribution in [0.3, 0.4) is 0 Å². The van der Waals surface area contributed by atoms with Gasteiger partial charge in [-0.25, -0.2) is 0 Å². The van der Waals surface area contributed by atoms with Gasteiger partial charge in [-0.3, -0.25) is 4.98 Å². The molecule has 100 valence electrons. The summed E-state index contributed by atoms with van der Waals surface area (Å²) in [5.74, 6) is 2.48. The van der Waals surface area contributed by atoms with E-state index in [1.165, 1.54) is 30.4 Å². The summed E-state index contributed by atoms with van der Waals surface area (Å²) in [4.78, 5) is 4.30. The van der Waals surface area contributed by atoms with E-state index >= 15 is 0 Å². The third kappa shape index (κ3) is 2.74. The SMILES string of the molecule is CNC(c1cnccc1C)C1CCC(C)C(C)C1. The minimum Gasteiger partial charge on any atom is -0.313 e. The first-order chi connectivity index (χ1) is 8.63. The van der Waals surface area contributed by atoms with Crippen LogP contribution in [-0.2, 0) is 0 Å². The van der Waals surface area contributed by atoms with Crippen LogP contribution in [0.4, 0.5) is 0 Å². The topological polar surface area (TPSA) is 24.9 Å². The number of aromatic nitrogens is 1. The molecular formula is C16H26N2. The highest BCUT2D eigenvalue weighted by molar-refractivity contribution is 5.25. The molecule has 1 saturated carbocycles. The van der Waals surface area contributed by atoms with Crippen molar-refractivity contribution in [1.82, 2.24) is 10.3 Å². The van der Waals surface area contributed by atoms with Gasteiger partial charge in [0, 0.05) is 18.4 Å². The van der Waals surface area contributed by atoms with Gasteiger partial charge in [-0.2, -0.15) is 0 Å². The highest BCUT2D eigenvalue weighted by Crippen LogP contribution is 2.40. The van der Waals surface area contributed by atoms with E-state index in [9.17, 15) is 0 Å². The van der Waals surface area contributed by atoms with Crippen molar-refractivity contribution in [3.05, 3.63) is 29.6 Å². The van der Waals surface area contributed by atoms with Crippen molar-refractivity contribution in [1.29, 1.82) is 0 Å². The predicted molar refractivity (Wildman–Crippen MR) is 76.4 cm³/mol. The highest BCUT2D eigenvalue weighted by atomic mass is 14.9. The molecule has 4 atom stereocenters. The van der Waals surface area contributed by atoms with E-state index in [-0.39, 0.29) is 0 Å². The van der Waals surface area contributed by atoms with E-state index in [0.717, 1.165) is 17.8 Å². The largest absolute Gasteiger partial charge is 0.313 e. The van der Waals surface area contributed by atoms with Gasteiger partial charge in [0.1, 0.15) is 0 Å². The number of rotatable bonds is 3. The highest BCUT2D eigenvalue weighted by Gasteiger charge is 2.30. The van der Waals surface area contributed by atoms with Crippen molar-refractivity contribution in [3.63, 3.8) is 0 Å². The van der Waals surface area contributed by atoms with Gasteiger partial charge < -0.3 is 5.32 Å². The molecule has 1 aromatic heterocycles. The summed E-state index contributed by atoms with van der Waals surface area (Å²) in [5.41, 5.74) is 2.74. The molecule has 1 heterocycles. The van der Waals surface area contributed by atoms with Gasteiger partial charge in [0.15, 0.2) is 0 Å². The zero-order chi connectivity index (χ0) is 13.1. The van der Waals surface area contributed by atoms with Crippen LogP contribution >= 0.6 is 0 Å². The molecule has 0 aliphatic heterocycles. The molecule has 0 bridgehead atoms. The number of pyridine rings is 1. The van der Waals surface area contributed by atoms with Crippen LogP contribution in [-0.4, -0.2) is 12.0 Å². The number of nitrogens with zero attached hydrogens (tertiary/aromatic N) is 1. The summed E-state index contributed by atoms with van der Waals surface area (Å²) in [5, 5.41) is 3.52. The van der Waals surface area contributed by atoms with Gasteiger partial charge in [-0.05, 0) is 61.8 Å². The third-order valence-electron chi connectivity index (χ3n) is 4.84. The van der Waals surface area contributed by atoms with Crippen molar-refractivity contribution in [2.45, 2.75) is 46.1 Å². The Morgan fingerprint density at radius 1 is 1.28 bits per heavy atom. The van der Waals surface area contributed by atoms with E-state index < -0.39 is 0 Å². The predicted octanol–water partition coefficient (Wildman–Crippen LogP) is 3.72. The van der Waals surface area contributed by atoms with Gasteiger partial charge >= 0.3 is 0 Å². The Morgan fingerprint density at radius 2 is 2.06 bits per heavy atom. The molecule has 0 spiro atoms. The Bertz CT molecular complexity index is 388. The average molecular weight is 246 g/mol. The maximum Gasteiger partial charge on any atom is 0.0364 e. The number of hydrogen-bond acceptors (Lipinski definition) is 2. The fraction of sp³-hybridized carbons (Fsp3) is 0.688. The molecule has 1 aliphatic carbocycles. The molecule has 2 heteroatoms. The molecular weight excluding hydrogens is 220 g/mol. The normalized spacial score (nSPS) is 30.1. The lowest BCUT2D eigenvalue weighted by atomic mass is 9.72. The van der Waals surface area contributed by atoms with E-state index in [0.29, 0.717) is 6.04 Å². The molecule has 1 aromatic rings. The molecule has 2 rings (SSSR count). The first kappa shape index (κ1) is 13.5. The zero-order valence-electron chi connectivity index (χ0n) is 12.1. The van der Waals surface area contributed by atoms with Crippen LogP contribution in [0.2, 0.25) is 0 Å². The van der Waals surface area contributed by atoms with Gasteiger partial charge in [-0.15, -0.1) is 0 Å². The lowest BCUT2D eigenvalue weighted by Gasteiger charge is -2.37. The maximum atomic E-state index is 4.30. The summed E-state index contributed by atoms with van der Waals surface area (Å²) in [6.45, 7) is 6.99. The Kier molecular flexibility index (Phi) is 4.39. The third-order valence-corrected chi connectivity index (χ3v) is 4.84. The van der Waals surface area contributed by atoms with Crippen molar-refractivity contribution >= 4 is 0 Å². The van der Waals surface area contributed by atoms with Gasteiger partial charge in [-0.1, -0.05) is 20.3 Å². The first-order valence-electron chi connectivity index (χ1n) is 7.21. The zero-order valence-corrected chi connectivity index (χ0v) is 12.1. The quantitative estimate of drug-likeness (QED) is 0.879. The summed E-state index contributed by atoms with van der Waals surface area (Å²) < 4.78 is 0. The summed E-state index contributed by atoms with van der Waals surface area (Å²) >= 11 is 0. The molecule has 0 radical (unpaired) electrons. The molecule has 4 unspecified atom stereocenters. The smallest absolute Gasteiger partial charge is 0.0364 e. The van der Waals surface area contributed by atoms with Gasteiger partial charge in [0.05, 0.1) is 0 Å². The molecule has 18 heavy (non-hydrogen) atoms. The van der Waals surface area contributed by atoms with E-state index in [1.807, 2.05) is 12.4 Å². The first-order valence-corrected chi connectivity index (χ1v) is 7.21. The van der Waals surface area contributed by atoms with E-state index in [2.05, 4.69) is 44.2 Å². The molecule has 1 N–H and O–H groups in total. The molecule has 2 nitrogen and oxygen atoms in total. The second-order valence-corrected chi connectivity index (χ2v) is 6.03. The minimum absolute atomic E-state index is 0.466. The lowest BCUT2D eigenvalue weighted by Crippen LogP contribution is -2.32. The Morgan fingerprint density at radius 3 is 2.67 bits per heavy atom. The fourth-order valence-electron chi connectivity index (χ4n) is 3.34.